The molecule has 32 heavy (non-hydrogen) atoms. The van der Waals surface area contributed by atoms with Gasteiger partial charge in [-0.3, -0.25) is 14.5 Å². The molecule has 2 aromatic rings. The first-order valence-electron chi connectivity index (χ1n) is 11.4. The van der Waals surface area contributed by atoms with Gasteiger partial charge in [0.1, 0.15) is 6.42 Å². The second-order valence-electron chi connectivity index (χ2n) is 8.92. The molecule has 2 fully saturated rings. The maximum atomic E-state index is 12.6. The van der Waals surface area contributed by atoms with Gasteiger partial charge >= 0.3 is 0 Å². The monoisotopic (exact) mass is 430 g/mol. The minimum absolute atomic E-state index is 0.0853. The van der Waals surface area contributed by atoms with Gasteiger partial charge in [-0.25, -0.2) is 0 Å². The van der Waals surface area contributed by atoms with Crippen molar-refractivity contribution >= 4 is 11.8 Å². The van der Waals surface area contributed by atoms with E-state index in [9.17, 15) is 9.59 Å². The number of fused-ring (bicyclic) bond motifs is 2. The minimum Gasteiger partial charge on any atom is -0.366 e. The van der Waals surface area contributed by atoms with E-state index in [0.717, 1.165) is 24.9 Å². The Morgan fingerprint density at radius 1 is 1.06 bits per heavy atom. The Hall–Kier alpha value is -3.17. The van der Waals surface area contributed by atoms with E-state index in [1.165, 1.54) is 18.4 Å². The van der Waals surface area contributed by atoms with Crippen LogP contribution < -0.4 is 5.73 Å². The standard InChI is InChI=1S/C26H30N4O2/c27-12-11-25(31)29(18-19-5-2-1-3-6-19)13-14-30-23-9-10-24(30)17-22(16-23)20-7-4-8-21(15-20)26(28)32/h1-8,15,22-24H,9-11,13-14,16-18H2,(H2,28,32)/t22?,23-,24+. The van der Waals surface area contributed by atoms with Gasteiger partial charge in [-0.15, -0.1) is 0 Å². The van der Waals surface area contributed by atoms with E-state index in [4.69, 9.17) is 11.0 Å². The second-order valence-corrected chi connectivity index (χ2v) is 8.92. The Labute approximate surface area is 189 Å². The zero-order valence-corrected chi connectivity index (χ0v) is 18.3. The van der Waals surface area contributed by atoms with Crippen LogP contribution in [-0.4, -0.2) is 46.8 Å². The topological polar surface area (TPSA) is 90.4 Å². The first-order valence-corrected chi connectivity index (χ1v) is 11.4. The number of nitrogens with two attached hydrogens (primary N) is 1. The molecule has 2 heterocycles. The van der Waals surface area contributed by atoms with Crippen molar-refractivity contribution in [3.63, 3.8) is 0 Å². The first-order chi connectivity index (χ1) is 15.5. The van der Waals surface area contributed by atoms with E-state index < -0.39 is 0 Å². The lowest BCUT2D eigenvalue weighted by atomic mass is 9.84. The number of hydrogen-bond acceptors (Lipinski definition) is 4. The van der Waals surface area contributed by atoms with Crippen LogP contribution in [-0.2, 0) is 11.3 Å². The molecule has 6 nitrogen and oxygen atoms in total. The molecule has 4 rings (SSSR count). The predicted molar refractivity (Wildman–Crippen MR) is 123 cm³/mol. The van der Waals surface area contributed by atoms with Gasteiger partial charge in [0.05, 0.1) is 6.07 Å². The Morgan fingerprint density at radius 2 is 1.78 bits per heavy atom. The van der Waals surface area contributed by atoms with Gasteiger partial charge in [0.2, 0.25) is 11.8 Å². The molecule has 0 saturated carbocycles. The molecule has 2 aliphatic heterocycles. The van der Waals surface area contributed by atoms with Crippen LogP contribution in [0.3, 0.4) is 0 Å². The number of nitrogens with zero attached hydrogens (tertiary/aromatic N) is 3. The van der Waals surface area contributed by atoms with Gasteiger partial charge in [0, 0.05) is 37.3 Å². The van der Waals surface area contributed by atoms with Crippen molar-refractivity contribution in [3.05, 3.63) is 71.3 Å². The number of carbonyl (C=O) groups is 2. The summed E-state index contributed by atoms with van der Waals surface area (Å²) in [6.07, 6.45) is 4.37. The minimum atomic E-state index is -0.382. The molecule has 2 amide bonds. The second kappa shape index (κ2) is 9.97. The molecule has 2 saturated heterocycles. The highest BCUT2D eigenvalue weighted by molar-refractivity contribution is 5.92. The smallest absolute Gasteiger partial charge is 0.248 e. The molecule has 3 atom stereocenters. The van der Waals surface area contributed by atoms with Crippen LogP contribution in [0.2, 0.25) is 0 Å². The zero-order valence-electron chi connectivity index (χ0n) is 18.3. The summed E-state index contributed by atoms with van der Waals surface area (Å²) in [5.41, 5.74) is 8.32. The summed E-state index contributed by atoms with van der Waals surface area (Å²) in [5.74, 6) is -0.0571. The molecular weight excluding hydrogens is 400 g/mol. The maximum absolute atomic E-state index is 12.6. The summed E-state index contributed by atoms with van der Waals surface area (Å²) in [5, 5.41) is 9.02. The van der Waals surface area contributed by atoms with Crippen molar-refractivity contribution < 1.29 is 9.59 Å². The number of carbonyl (C=O) groups excluding carboxylic acids is 2. The largest absolute Gasteiger partial charge is 0.366 e. The summed E-state index contributed by atoms with van der Waals surface area (Å²) >= 11 is 0. The van der Waals surface area contributed by atoms with Crippen LogP contribution in [0.5, 0.6) is 0 Å². The van der Waals surface area contributed by atoms with Crippen molar-refractivity contribution in [2.45, 2.75) is 56.7 Å². The van der Waals surface area contributed by atoms with E-state index in [0.29, 0.717) is 36.7 Å². The number of benzene rings is 2. The van der Waals surface area contributed by atoms with Crippen LogP contribution >= 0.6 is 0 Å². The van der Waals surface area contributed by atoms with E-state index in [-0.39, 0.29) is 18.2 Å². The third kappa shape index (κ3) is 5.00. The van der Waals surface area contributed by atoms with Crippen LogP contribution in [0, 0.1) is 11.3 Å². The molecular formula is C26H30N4O2. The first kappa shape index (κ1) is 22.0. The zero-order chi connectivity index (χ0) is 22.5. The Morgan fingerprint density at radius 3 is 2.44 bits per heavy atom. The quantitative estimate of drug-likeness (QED) is 0.695. The van der Waals surface area contributed by atoms with Crippen molar-refractivity contribution in [2.75, 3.05) is 13.1 Å². The summed E-state index contributed by atoms with van der Waals surface area (Å²) in [4.78, 5) is 28.5. The van der Waals surface area contributed by atoms with Crippen LogP contribution in [0.1, 0.15) is 59.5 Å². The molecule has 2 aliphatic rings. The lowest BCUT2D eigenvalue weighted by molar-refractivity contribution is -0.131. The molecule has 1 unspecified atom stereocenters. The number of piperidine rings is 1. The number of amides is 2. The molecule has 0 aromatic heterocycles. The molecule has 0 radical (unpaired) electrons. The van der Waals surface area contributed by atoms with Gasteiger partial charge in [0.15, 0.2) is 0 Å². The molecule has 2 N–H and O–H groups in total. The van der Waals surface area contributed by atoms with Gasteiger partial charge in [-0.05, 0) is 54.9 Å². The van der Waals surface area contributed by atoms with Gasteiger partial charge < -0.3 is 10.6 Å². The van der Waals surface area contributed by atoms with Crippen molar-refractivity contribution in [1.82, 2.24) is 9.80 Å². The Bertz CT molecular complexity index is 986. The fraction of sp³-hybridized carbons (Fsp3) is 0.423. The van der Waals surface area contributed by atoms with E-state index in [1.54, 1.807) is 6.07 Å². The maximum Gasteiger partial charge on any atom is 0.248 e. The summed E-state index contributed by atoms with van der Waals surface area (Å²) < 4.78 is 0. The molecule has 166 valence electrons. The molecule has 2 aromatic carbocycles. The van der Waals surface area contributed by atoms with Crippen LogP contribution in [0.4, 0.5) is 0 Å². The Balaban J connectivity index is 1.40. The fourth-order valence-electron chi connectivity index (χ4n) is 5.37. The normalized spacial score (nSPS) is 22.3. The summed E-state index contributed by atoms with van der Waals surface area (Å²) in [6, 6.07) is 20.7. The van der Waals surface area contributed by atoms with Gasteiger partial charge in [0.25, 0.3) is 0 Å². The third-order valence-electron chi connectivity index (χ3n) is 6.95. The Kier molecular flexibility index (Phi) is 6.87. The molecule has 0 aliphatic carbocycles. The third-order valence-corrected chi connectivity index (χ3v) is 6.95. The average molecular weight is 431 g/mol. The molecule has 2 bridgehead atoms. The predicted octanol–water partition coefficient (Wildman–Crippen LogP) is 3.44. The van der Waals surface area contributed by atoms with E-state index in [1.807, 2.05) is 53.4 Å². The van der Waals surface area contributed by atoms with Gasteiger partial charge in [-0.2, -0.15) is 5.26 Å². The van der Waals surface area contributed by atoms with E-state index >= 15 is 0 Å². The van der Waals surface area contributed by atoms with Crippen LogP contribution in [0.25, 0.3) is 0 Å². The number of primary amides is 1. The number of rotatable bonds is 8. The summed E-state index contributed by atoms with van der Waals surface area (Å²) in [7, 11) is 0. The highest BCUT2D eigenvalue weighted by atomic mass is 16.2. The van der Waals surface area contributed by atoms with Crippen molar-refractivity contribution in [1.29, 1.82) is 5.26 Å². The number of nitriles is 1. The number of hydrogen-bond donors (Lipinski definition) is 1. The highest BCUT2D eigenvalue weighted by Gasteiger charge is 2.41. The average Bonchev–Trinajstić information content (AvgIpc) is 3.04. The summed E-state index contributed by atoms with van der Waals surface area (Å²) in [6.45, 7) is 1.99. The molecule has 0 spiro atoms. The van der Waals surface area contributed by atoms with Gasteiger partial charge in [-0.1, -0.05) is 42.5 Å². The highest BCUT2D eigenvalue weighted by Crippen LogP contribution is 2.43. The molecule has 6 heteroatoms. The lowest BCUT2D eigenvalue weighted by Crippen LogP contribution is -2.46. The van der Waals surface area contributed by atoms with Crippen molar-refractivity contribution in [2.24, 2.45) is 5.73 Å². The lowest BCUT2D eigenvalue weighted by Gasteiger charge is -2.40. The fourth-order valence-corrected chi connectivity index (χ4v) is 5.37. The SMILES string of the molecule is N#CCC(=O)N(CCN1[C@@H]2CC[C@H]1CC(c1cccc(C(N)=O)c1)C2)Cc1ccccc1. The van der Waals surface area contributed by atoms with E-state index in [2.05, 4.69) is 11.0 Å². The van der Waals surface area contributed by atoms with Crippen molar-refractivity contribution in [3.8, 4) is 6.07 Å². The van der Waals surface area contributed by atoms with Crippen LogP contribution in [0.15, 0.2) is 54.6 Å².